The molecule has 3 N–H and O–H groups in total. The molecular weight excluding hydrogens is 244 g/mol. The second-order valence-electron chi connectivity index (χ2n) is 3.80. The smallest absolute Gasteiger partial charge is 0.228 e. The lowest BCUT2D eigenvalue weighted by molar-refractivity contribution is -0.120. The molecule has 0 fully saturated rings. The fourth-order valence-corrected chi connectivity index (χ4v) is 2.18. The highest BCUT2D eigenvalue weighted by atomic mass is 32.2. The number of ether oxygens (including phenoxy) is 1. The van der Waals surface area contributed by atoms with Gasteiger partial charge in [-0.2, -0.15) is 0 Å². The number of carbonyl (C=O) groups excluding carboxylic acids is 1. The van der Waals surface area contributed by atoms with E-state index in [-0.39, 0.29) is 31.8 Å². The summed E-state index contributed by atoms with van der Waals surface area (Å²) in [5, 5.41) is 21.2. The van der Waals surface area contributed by atoms with E-state index in [1.807, 2.05) is 6.92 Å². The van der Waals surface area contributed by atoms with Crippen molar-refractivity contribution in [1.29, 1.82) is 0 Å². The van der Waals surface area contributed by atoms with Gasteiger partial charge in [-0.05, 0) is 6.92 Å². The van der Waals surface area contributed by atoms with Crippen molar-refractivity contribution in [3.05, 3.63) is 0 Å². The average Bonchev–Trinajstić information content (AvgIpc) is 2.25. The number of aliphatic hydroxyl groups excluding tert-OH is 2. The first-order chi connectivity index (χ1) is 8.11. The monoisotopic (exact) mass is 262 g/mol. The molecule has 0 saturated carbocycles. The van der Waals surface area contributed by atoms with Gasteiger partial charge in [0.25, 0.3) is 0 Å². The lowest BCUT2D eigenvalue weighted by Crippen LogP contribution is -2.36. The van der Waals surface area contributed by atoms with Crippen LogP contribution in [-0.4, -0.2) is 59.0 Å². The Morgan fingerprint density at radius 1 is 1.71 bits per heavy atom. The van der Waals surface area contributed by atoms with E-state index in [9.17, 15) is 9.90 Å². The molecule has 1 amide bonds. The normalized spacial score (nSPS) is 21.9. The van der Waals surface area contributed by atoms with Gasteiger partial charge in [-0.25, -0.2) is 0 Å². The molecule has 0 saturated heterocycles. The maximum Gasteiger partial charge on any atom is 0.228 e. The molecule has 0 aromatic heterocycles. The van der Waals surface area contributed by atoms with Crippen LogP contribution < -0.4 is 5.32 Å². The van der Waals surface area contributed by atoms with Crippen LogP contribution in [0.2, 0.25) is 0 Å². The van der Waals surface area contributed by atoms with E-state index in [0.717, 1.165) is 0 Å². The summed E-state index contributed by atoms with van der Waals surface area (Å²) in [6, 6.07) is -0.00553. The van der Waals surface area contributed by atoms with E-state index in [0.29, 0.717) is 17.3 Å². The second kappa shape index (κ2) is 7.65. The minimum Gasteiger partial charge on any atom is -0.394 e. The zero-order valence-electron chi connectivity index (χ0n) is 9.76. The number of aliphatic hydroxyl groups is 2. The van der Waals surface area contributed by atoms with Gasteiger partial charge in [0, 0.05) is 12.2 Å². The number of amides is 1. The molecule has 6 nitrogen and oxygen atoms in total. The highest BCUT2D eigenvalue weighted by Gasteiger charge is 2.18. The van der Waals surface area contributed by atoms with Crippen molar-refractivity contribution >= 4 is 22.8 Å². The highest BCUT2D eigenvalue weighted by Crippen LogP contribution is 2.12. The van der Waals surface area contributed by atoms with Gasteiger partial charge in [0.2, 0.25) is 5.91 Å². The van der Waals surface area contributed by atoms with Crippen molar-refractivity contribution in [1.82, 2.24) is 5.32 Å². The number of hydrogen-bond donors (Lipinski definition) is 3. The lowest BCUT2D eigenvalue weighted by Gasteiger charge is -2.18. The number of carbonyl (C=O) groups is 1. The highest BCUT2D eigenvalue weighted by molar-refractivity contribution is 8.13. The van der Waals surface area contributed by atoms with Crippen LogP contribution >= 0.6 is 11.8 Å². The molecule has 0 aromatic carbocycles. The SMILES string of the molecule is C[C@@H]1CC(=O)NC(SC[C@H](O)COCCO)=N1. The maximum atomic E-state index is 11.2. The molecule has 0 bridgehead atoms. The zero-order valence-corrected chi connectivity index (χ0v) is 10.6. The van der Waals surface area contributed by atoms with Crippen LogP contribution in [0.25, 0.3) is 0 Å². The zero-order chi connectivity index (χ0) is 12.7. The van der Waals surface area contributed by atoms with Crippen molar-refractivity contribution in [3.8, 4) is 0 Å². The topological polar surface area (TPSA) is 91.2 Å². The number of thioether (sulfide) groups is 1. The summed E-state index contributed by atoms with van der Waals surface area (Å²) in [7, 11) is 0. The summed E-state index contributed by atoms with van der Waals surface area (Å²) in [4.78, 5) is 15.5. The number of hydrogen-bond acceptors (Lipinski definition) is 6. The van der Waals surface area contributed by atoms with Gasteiger partial charge in [0.05, 0.1) is 32.0 Å². The van der Waals surface area contributed by atoms with Crippen molar-refractivity contribution < 1.29 is 19.7 Å². The summed E-state index contributed by atoms with van der Waals surface area (Å²) < 4.78 is 4.99. The molecule has 2 atom stereocenters. The quantitative estimate of drug-likeness (QED) is 0.554. The van der Waals surface area contributed by atoms with Gasteiger partial charge < -0.3 is 20.3 Å². The van der Waals surface area contributed by atoms with Gasteiger partial charge >= 0.3 is 0 Å². The third-order valence-corrected chi connectivity index (χ3v) is 3.06. The van der Waals surface area contributed by atoms with Crippen molar-refractivity contribution in [2.75, 3.05) is 25.6 Å². The van der Waals surface area contributed by atoms with Crippen LogP contribution in [0.5, 0.6) is 0 Å². The van der Waals surface area contributed by atoms with Crippen molar-refractivity contribution in [2.24, 2.45) is 4.99 Å². The van der Waals surface area contributed by atoms with E-state index < -0.39 is 6.10 Å². The third-order valence-electron chi connectivity index (χ3n) is 2.02. The predicted octanol–water partition coefficient (Wildman–Crippen LogP) is -0.646. The first-order valence-corrected chi connectivity index (χ1v) is 6.47. The van der Waals surface area contributed by atoms with Crippen LogP contribution in [0, 0.1) is 0 Å². The molecule has 17 heavy (non-hydrogen) atoms. The van der Waals surface area contributed by atoms with Crippen molar-refractivity contribution in [3.63, 3.8) is 0 Å². The molecule has 0 unspecified atom stereocenters. The van der Waals surface area contributed by atoms with Crippen LogP contribution in [0.3, 0.4) is 0 Å². The molecule has 0 aliphatic carbocycles. The Labute approximate surface area is 104 Å². The summed E-state index contributed by atoms with van der Waals surface area (Å²) in [5.74, 6) is 0.359. The molecular formula is C10H18N2O4S. The summed E-state index contributed by atoms with van der Waals surface area (Å²) in [5.41, 5.74) is 0. The van der Waals surface area contributed by atoms with Gasteiger partial charge in [-0.1, -0.05) is 11.8 Å². The molecule has 1 aliphatic rings. The lowest BCUT2D eigenvalue weighted by atomic mass is 10.2. The standard InChI is InChI=1S/C10H18N2O4S/c1-7-4-9(15)12-10(11-7)17-6-8(14)5-16-3-2-13/h7-8,13-14H,2-6H2,1H3,(H,11,12,15)/t7-,8-/m1/s1. The Kier molecular flexibility index (Phi) is 6.49. The fraction of sp³-hybridized carbons (Fsp3) is 0.800. The van der Waals surface area contributed by atoms with Crippen LogP contribution in [0.4, 0.5) is 0 Å². The minimum atomic E-state index is -0.636. The van der Waals surface area contributed by atoms with Crippen molar-refractivity contribution in [2.45, 2.75) is 25.5 Å². The molecule has 1 aliphatic heterocycles. The molecule has 98 valence electrons. The Bertz CT molecular complexity index is 285. The maximum absolute atomic E-state index is 11.2. The molecule has 0 aromatic rings. The van der Waals surface area contributed by atoms with Gasteiger partial charge in [0.15, 0.2) is 5.17 Å². The summed E-state index contributed by atoms with van der Waals surface area (Å²) >= 11 is 1.30. The second-order valence-corrected chi connectivity index (χ2v) is 4.81. The number of nitrogens with zero attached hydrogens (tertiary/aromatic N) is 1. The Hall–Kier alpha value is -0.630. The minimum absolute atomic E-state index is 0.00553. The Morgan fingerprint density at radius 2 is 2.47 bits per heavy atom. The number of aliphatic imine (C=N–C) groups is 1. The molecule has 0 spiro atoms. The van der Waals surface area contributed by atoms with Crippen LogP contribution in [0.1, 0.15) is 13.3 Å². The molecule has 1 rings (SSSR count). The average molecular weight is 262 g/mol. The van der Waals surface area contributed by atoms with Crippen LogP contribution in [-0.2, 0) is 9.53 Å². The predicted molar refractivity (Wildman–Crippen MR) is 66.0 cm³/mol. The largest absolute Gasteiger partial charge is 0.394 e. The first-order valence-electron chi connectivity index (χ1n) is 5.49. The fourth-order valence-electron chi connectivity index (χ4n) is 1.30. The van der Waals surface area contributed by atoms with E-state index in [4.69, 9.17) is 9.84 Å². The van der Waals surface area contributed by atoms with E-state index in [2.05, 4.69) is 10.3 Å². The van der Waals surface area contributed by atoms with Gasteiger partial charge in [0.1, 0.15) is 0 Å². The summed E-state index contributed by atoms with van der Waals surface area (Å²) in [6.45, 7) is 2.21. The van der Waals surface area contributed by atoms with Crippen LogP contribution in [0.15, 0.2) is 4.99 Å². The van der Waals surface area contributed by atoms with Gasteiger partial charge in [-0.3, -0.25) is 9.79 Å². The summed E-state index contributed by atoms with van der Waals surface area (Å²) in [6.07, 6.45) is -0.227. The Balaban J connectivity index is 2.23. The van der Waals surface area contributed by atoms with Gasteiger partial charge in [-0.15, -0.1) is 0 Å². The first kappa shape index (κ1) is 14.4. The number of rotatable bonds is 6. The van der Waals surface area contributed by atoms with E-state index >= 15 is 0 Å². The molecule has 7 heteroatoms. The number of amidine groups is 1. The van der Waals surface area contributed by atoms with E-state index in [1.54, 1.807) is 0 Å². The van der Waals surface area contributed by atoms with E-state index in [1.165, 1.54) is 11.8 Å². The number of nitrogens with one attached hydrogen (secondary N) is 1. The third kappa shape index (κ3) is 6.02. The Morgan fingerprint density at radius 3 is 3.12 bits per heavy atom. The molecule has 1 heterocycles. The molecule has 0 radical (unpaired) electrons.